The van der Waals surface area contributed by atoms with Gasteiger partial charge in [-0.05, 0) is 19.9 Å². The minimum absolute atomic E-state index is 0.0356. The summed E-state index contributed by atoms with van der Waals surface area (Å²) in [5, 5.41) is 8.64. The normalized spacial score (nSPS) is 15.8. The smallest absolute Gasteiger partial charge is 0.303 e. The van der Waals surface area contributed by atoms with Crippen molar-refractivity contribution >= 4 is 23.2 Å². The van der Waals surface area contributed by atoms with Crippen molar-refractivity contribution in [3.63, 3.8) is 0 Å². The first-order valence-electron chi connectivity index (χ1n) is 5.55. The van der Waals surface area contributed by atoms with Crippen molar-refractivity contribution < 1.29 is 14.7 Å². The first-order valence-corrected chi connectivity index (χ1v) is 6.37. The van der Waals surface area contributed by atoms with E-state index in [2.05, 4.69) is 0 Å². The van der Waals surface area contributed by atoms with Crippen LogP contribution in [0.5, 0.6) is 0 Å². The Morgan fingerprint density at radius 1 is 1.47 bits per heavy atom. The molecule has 1 aromatic heterocycles. The summed E-state index contributed by atoms with van der Waals surface area (Å²) in [4.78, 5) is 26.5. The second-order valence-electron chi connectivity index (χ2n) is 4.50. The standard InChI is InChI=1S/C12H15NO3S/c1-7-3-10(8(2)17-7)12(16)13-5-9(6-13)4-11(14)15/h3,9H,4-6H2,1-2H3,(H,14,15). The maximum absolute atomic E-state index is 12.1. The molecule has 0 aliphatic carbocycles. The van der Waals surface area contributed by atoms with Gasteiger partial charge in [-0.2, -0.15) is 0 Å². The van der Waals surface area contributed by atoms with E-state index in [4.69, 9.17) is 5.11 Å². The summed E-state index contributed by atoms with van der Waals surface area (Å²) in [6.45, 7) is 5.07. The highest BCUT2D eigenvalue weighted by Gasteiger charge is 2.33. The molecule has 1 aromatic rings. The van der Waals surface area contributed by atoms with Gasteiger partial charge in [0, 0.05) is 28.8 Å². The molecule has 1 aliphatic heterocycles. The Hall–Kier alpha value is -1.36. The van der Waals surface area contributed by atoms with Gasteiger partial charge in [0.2, 0.25) is 0 Å². The van der Waals surface area contributed by atoms with Gasteiger partial charge in [-0.15, -0.1) is 11.3 Å². The van der Waals surface area contributed by atoms with E-state index in [1.54, 1.807) is 16.2 Å². The van der Waals surface area contributed by atoms with Crippen LogP contribution >= 0.6 is 11.3 Å². The van der Waals surface area contributed by atoms with Crippen LogP contribution in [0.1, 0.15) is 26.5 Å². The third kappa shape index (κ3) is 2.49. The van der Waals surface area contributed by atoms with Crippen LogP contribution in [-0.4, -0.2) is 35.0 Å². The number of nitrogens with zero attached hydrogens (tertiary/aromatic N) is 1. The van der Waals surface area contributed by atoms with E-state index >= 15 is 0 Å². The molecule has 0 radical (unpaired) electrons. The van der Waals surface area contributed by atoms with Gasteiger partial charge in [0.1, 0.15) is 0 Å². The maximum atomic E-state index is 12.1. The van der Waals surface area contributed by atoms with E-state index in [9.17, 15) is 9.59 Å². The van der Waals surface area contributed by atoms with Crippen molar-refractivity contribution in [2.24, 2.45) is 5.92 Å². The van der Waals surface area contributed by atoms with Crippen molar-refractivity contribution in [1.82, 2.24) is 4.90 Å². The van der Waals surface area contributed by atoms with Crippen LogP contribution in [0, 0.1) is 19.8 Å². The third-order valence-electron chi connectivity index (χ3n) is 2.98. The summed E-state index contributed by atoms with van der Waals surface area (Å²) >= 11 is 1.62. The molecule has 1 fully saturated rings. The second kappa shape index (κ2) is 4.49. The lowest BCUT2D eigenvalue weighted by atomic mass is 9.95. The van der Waals surface area contributed by atoms with E-state index < -0.39 is 5.97 Å². The van der Waals surface area contributed by atoms with Gasteiger partial charge in [-0.3, -0.25) is 9.59 Å². The maximum Gasteiger partial charge on any atom is 0.303 e. The highest BCUT2D eigenvalue weighted by molar-refractivity contribution is 7.12. The summed E-state index contributed by atoms with van der Waals surface area (Å²) in [5.74, 6) is -0.630. The van der Waals surface area contributed by atoms with Crippen LogP contribution in [0.3, 0.4) is 0 Å². The highest BCUT2D eigenvalue weighted by atomic mass is 32.1. The molecule has 1 amide bonds. The summed E-state index contributed by atoms with van der Waals surface area (Å²) in [6, 6.07) is 1.91. The zero-order chi connectivity index (χ0) is 12.6. The molecule has 0 atom stereocenters. The Morgan fingerprint density at radius 2 is 2.12 bits per heavy atom. The molecule has 2 rings (SSSR count). The second-order valence-corrected chi connectivity index (χ2v) is 5.96. The van der Waals surface area contributed by atoms with Crippen LogP contribution in [0.25, 0.3) is 0 Å². The number of carboxylic acids is 1. The van der Waals surface area contributed by atoms with Gasteiger partial charge in [0.05, 0.1) is 12.0 Å². The average molecular weight is 253 g/mol. The number of aryl methyl sites for hydroxylation is 2. The third-order valence-corrected chi connectivity index (χ3v) is 3.94. The van der Waals surface area contributed by atoms with Gasteiger partial charge >= 0.3 is 5.97 Å². The van der Waals surface area contributed by atoms with Crippen molar-refractivity contribution in [3.8, 4) is 0 Å². The lowest BCUT2D eigenvalue weighted by molar-refractivity contribution is -0.139. The number of likely N-dealkylation sites (tertiary alicyclic amines) is 1. The van der Waals surface area contributed by atoms with E-state index in [1.165, 1.54) is 0 Å². The summed E-state index contributed by atoms with van der Waals surface area (Å²) < 4.78 is 0. The molecule has 17 heavy (non-hydrogen) atoms. The number of thiophene rings is 1. The molecule has 0 saturated carbocycles. The summed E-state index contributed by atoms with van der Waals surface area (Å²) in [6.07, 6.45) is 0.158. The van der Waals surface area contributed by atoms with E-state index in [0.29, 0.717) is 13.1 Å². The number of carbonyl (C=O) groups is 2. The lowest BCUT2D eigenvalue weighted by Crippen LogP contribution is -2.50. The molecule has 0 bridgehead atoms. The van der Waals surface area contributed by atoms with Crippen LogP contribution in [0.4, 0.5) is 0 Å². The molecular formula is C12H15NO3S. The zero-order valence-corrected chi connectivity index (χ0v) is 10.7. The summed E-state index contributed by atoms with van der Waals surface area (Å²) in [7, 11) is 0. The Morgan fingerprint density at radius 3 is 2.59 bits per heavy atom. The fourth-order valence-electron chi connectivity index (χ4n) is 2.13. The molecule has 1 saturated heterocycles. The number of hydrogen-bond donors (Lipinski definition) is 1. The highest BCUT2D eigenvalue weighted by Crippen LogP contribution is 2.26. The molecule has 0 spiro atoms. The SMILES string of the molecule is Cc1cc(C(=O)N2CC(CC(=O)O)C2)c(C)s1. The fourth-order valence-corrected chi connectivity index (χ4v) is 3.04. The van der Waals surface area contributed by atoms with Gasteiger partial charge < -0.3 is 10.0 Å². The Balaban J connectivity index is 1.95. The number of aliphatic carboxylic acids is 1. The largest absolute Gasteiger partial charge is 0.481 e. The molecular weight excluding hydrogens is 238 g/mol. The zero-order valence-electron chi connectivity index (χ0n) is 9.90. The molecule has 1 N–H and O–H groups in total. The Bertz CT molecular complexity index is 460. The van der Waals surface area contributed by atoms with Gasteiger partial charge in [0.25, 0.3) is 5.91 Å². The number of carboxylic acid groups (broad SMARTS) is 1. The predicted molar refractivity (Wildman–Crippen MR) is 65.4 cm³/mol. The van der Waals surface area contributed by atoms with Gasteiger partial charge in [-0.1, -0.05) is 0 Å². The van der Waals surface area contributed by atoms with Crippen molar-refractivity contribution in [2.75, 3.05) is 13.1 Å². The molecule has 4 nitrogen and oxygen atoms in total. The molecule has 92 valence electrons. The van der Waals surface area contributed by atoms with Crippen LogP contribution < -0.4 is 0 Å². The topological polar surface area (TPSA) is 57.6 Å². The predicted octanol–water partition coefficient (Wildman–Crippen LogP) is 1.91. The quantitative estimate of drug-likeness (QED) is 0.895. The van der Waals surface area contributed by atoms with Crippen molar-refractivity contribution in [3.05, 3.63) is 21.4 Å². The number of carbonyl (C=O) groups excluding carboxylic acids is 1. The van der Waals surface area contributed by atoms with Gasteiger partial charge in [-0.25, -0.2) is 0 Å². The van der Waals surface area contributed by atoms with Crippen molar-refractivity contribution in [1.29, 1.82) is 0 Å². The lowest BCUT2D eigenvalue weighted by Gasteiger charge is -2.38. The molecule has 0 aromatic carbocycles. The molecule has 1 aliphatic rings. The minimum atomic E-state index is -0.787. The molecule has 0 unspecified atom stereocenters. The first-order chi connectivity index (χ1) is 7.97. The monoisotopic (exact) mass is 253 g/mol. The minimum Gasteiger partial charge on any atom is -0.481 e. The van der Waals surface area contributed by atoms with Crippen LogP contribution in [0.15, 0.2) is 6.07 Å². The number of hydrogen-bond acceptors (Lipinski definition) is 3. The van der Waals surface area contributed by atoms with Crippen LogP contribution in [-0.2, 0) is 4.79 Å². The number of amides is 1. The van der Waals surface area contributed by atoms with Gasteiger partial charge in [0.15, 0.2) is 0 Å². The molecule has 2 heterocycles. The molecule has 5 heteroatoms. The Labute approximate surface area is 104 Å². The average Bonchev–Trinajstić information content (AvgIpc) is 2.49. The van der Waals surface area contributed by atoms with Crippen molar-refractivity contribution in [2.45, 2.75) is 20.3 Å². The van der Waals surface area contributed by atoms with E-state index in [0.717, 1.165) is 15.3 Å². The Kier molecular flexibility index (Phi) is 3.19. The van der Waals surface area contributed by atoms with E-state index in [-0.39, 0.29) is 18.2 Å². The fraction of sp³-hybridized carbons (Fsp3) is 0.500. The van der Waals surface area contributed by atoms with Crippen LogP contribution in [0.2, 0.25) is 0 Å². The number of rotatable bonds is 3. The first kappa shape index (κ1) is 12.1. The van der Waals surface area contributed by atoms with E-state index in [1.807, 2.05) is 19.9 Å². The summed E-state index contributed by atoms with van der Waals surface area (Å²) in [5.41, 5.74) is 0.765.